The monoisotopic (exact) mass is 298 g/mol. The summed E-state index contributed by atoms with van der Waals surface area (Å²) in [7, 11) is -2.82. The fourth-order valence-corrected chi connectivity index (χ4v) is 3.74. The molecule has 0 bridgehead atoms. The van der Waals surface area contributed by atoms with E-state index < -0.39 is 9.84 Å². The summed E-state index contributed by atoms with van der Waals surface area (Å²) in [5.41, 5.74) is 0.981. The van der Waals surface area contributed by atoms with Crippen LogP contribution in [0.15, 0.2) is 6.33 Å². The maximum absolute atomic E-state index is 11.4. The number of hydrogen-bond donors (Lipinski definition) is 2. The molecule has 1 aromatic heterocycles. The van der Waals surface area contributed by atoms with Crippen LogP contribution in [0.4, 0.5) is 11.6 Å². The quantitative estimate of drug-likeness (QED) is 0.859. The molecule has 1 aliphatic rings. The van der Waals surface area contributed by atoms with E-state index in [1.54, 1.807) is 0 Å². The molecule has 7 heteroatoms. The first-order valence-corrected chi connectivity index (χ1v) is 8.86. The van der Waals surface area contributed by atoms with Gasteiger partial charge in [-0.15, -0.1) is 0 Å². The number of rotatable bonds is 5. The largest absolute Gasteiger partial charge is 0.370 e. The lowest BCUT2D eigenvalue weighted by Gasteiger charge is -2.24. The van der Waals surface area contributed by atoms with Gasteiger partial charge in [0.1, 0.15) is 27.8 Å². The summed E-state index contributed by atoms with van der Waals surface area (Å²) < 4.78 is 22.8. The van der Waals surface area contributed by atoms with Crippen molar-refractivity contribution in [3.05, 3.63) is 11.9 Å². The molecule has 2 rings (SSSR count). The van der Waals surface area contributed by atoms with Gasteiger partial charge in [-0.05, 0) is 26.2 Å². The third-order valence-corrected chi connectivity index (χ3v) is 5.24. The predicted octanol–water partition coefficient (Wildman–Crippen LogP) is 1.60. The van der Waals surface area contributed by atoms with Gasteiger partial charge in [0, 0.05) is 18.2 Å². The third-order valence-electron chi connectivity index (χ3n) is 3.52. The summed E-state index contributed by atoms with van der Waals surface area (Å²) in [4.78, 5) is 8.50. The van der Waals surface area contributed by atoms with E-state index >= 15 is 0 Å². The van der Waals surface area contributed by atoms with Crippen LogP contribution in [0.1, 0.15) is 31.7 Å². The van der Waals surface area contributed by atoms with Crippen LogP contribution in [0.5, 0.6) is 0 Å². The van der Waals surface area contributed by atoms with E-state index in [9.17, 15) is 8.42 Å². The molecular formula is C13H22N4O2S. The average Bonchev–Trinajstić information content (AvgIpc) is 2.42. The lowest BCUT2D eigenvalue weighted by atomic mass is 10.1. The highest BCUT2D eigenvalue weighted by atomic mass is 32.2. The van der Waals surface area contributed by atoms with Gasteiger partial charge in [0.25, 0.3) is 0 Å². The molecular weight excluding hydrogens is 276 g/mol. The summed E-state index contributed by atoms with van der Waals surface area (Å²) in [6.45, 7) is 4.95. The molecule has 0 atom stereocenters. The second-order valence-corrected chi connectivity index (χ2v) is 7.50. The Hall–Kier alpha value is -1.37. The highest BCUT2D eigenvalue weighted by Gasteiger charge is 2.24. The Kier molecular flexibility index (Phi) is 4.80. The van der Waals surface area contributed by atoms with Crippen molar-refractivity contribution in [2.75, 3.05) is 28.7 Å². The minimum Gasteiger partial charge on any atom is -0.370 e. The Morgan fingerprint density at radius 2 is 1.90 bits per heavy atom. The van der Waals surface area contributed by atoms with Crippen molar-refractivity contribution >= 4 is 21.5 Å². The normalized spacial score (nSPS) is 18.7. The van der Waals surface area contributed by atoms with Crippen LogP contribution in [-0.4, -0.2) is 42.5 Å². The van der Waals surface area contributed by atoms with Crippen molar-refractivity contribution in [3.63, 3.8) is 0 Å². The lowest BCUT2D eigenvalue weighted by Crippen LogP contribution is -2.32. The van der Waals surface area contributed by atoms with Crippen molar-refractivity contribution in [1.29, 1.82) is 0 Å². The van der Waals surface area contributed by atoms with Gasteiger partial charge < -0.3 is 10.6 Å². The fourth-order valence-electron chi connectivity index (χ4n) is 2.25. The van der Waals surface area contributed by atoms with Crippen LogP contribution in [0, 0.1) is 6.92 Å². The minimum atomic E-state index is -2.82. The van der Waals surface area contributed by atoms with E-state index in [4.69, 9.17) is 0 Å². The molecule has 6 nitrogen and oxygen atoms in total. The molecule has 1 saturated heterocycles. The second-order valence-electron chi connectivity index (χ2n) is 5.19. The first-order valence-electron chi connectivity index (χ1n) is 7.04. The van der Waals surface area contributed by atoms with Crippen LogP contribution >= 0.6 is 0 Å². The van der Waals surface area contributed by atoms with Crippen LogP contribution in [-0.2, 0) is 9.84 Å². The zero-order valence-electron chi connectivity index (χ0n) is 12.0. The van der Waals surface area contributed by atoms with E-state index in [1.807, 2.05) is 6.92 Å². The Bertz CT molecular complexity index is 545. The summed E-state index contributed by atoms with van der Waals surface area (Å²) >= 11 is 0. The zero-order chi connectivity index (χ0) is 14.6. The number of nitrogens with one attached hydrogen (secondary N) is 2. The highest BCUT2D eigenvalue weighted by Crippen LogP contribution is 2.22. The van der Waals surface area contributed by atoms with Crippen molar-refractivity contribution in [3.8, 4) is 0 Å². The molecule has 0 unspecified atom stereocenters. The van der Waals surface area contributed by atoms with E-state index in [0.29, 0.717) is 12.8 Å². The number of nitrogens with zero attached hydrogens (tertiary/aromatic N) is 2. The zero-order valence-corrected chi connectivity index (χ0v) is 12.8. The van der Waals surface area contributed by atoms with E-state index in [1.165, 1.54) is 6.33 Å². The predicted molar refractivity (Wildman–Crippen MR) is 80.8 cm³/mol. The van der Waals surface area contributed by atoms with Crippen LogP contribution in [0.25, 0.3) is 0 Å². The summed E-state index contributed by atoms with van der Waals surface area (Å²) in [6, 6.07) is 0.172. The molecule has 0 aliphatic carbocycles. The number of hydrogen-bond acceptors (Lipinski definition) is 6. The molecule has 1 fully saturated rings. The van der Waals surface area contributed by atoms with Gasteiger partial charge in [0.05, 0.1) is 11.5 Å². The highest BCUT2D eigenvalue weighted by molar-refractivity contribution is 7.91. The second kappa shape index (κ2) is 6.39. The molecule has 0 saturated carbocycles. The standard InChI is InChI=1S/C13H22N4O2S/c1-3-6-14-12-10(2)13(16-9-15-12)17-11-4-7-20(18,19)8-5-11/h9,11H,3-8H2,1-2H3,(H2,14,15,16,17). The SMILES string of the molecule is CCCNc1ncnc(NC2CCS(=O)(=O)CC2)c1C. The molecule has 112 valence electrons. The summed E-state index contributed by atoms with van der Waals surface area (Å²) in [6.07, 6.45) is 3.85. The van der Waals surface area contributed by atoms with Crippen LogP contribution < -0.4 is 10.6 Å². The molecule has 0 spiro atoms. The molecule has 0 aromatic carbocycles. The van der Waals surface area contributed by atoms with Crippen molar-refractivity contribution in [1.82, 2.24) is 9.97 Å². The van der Waals surface area contributed by atoms with Crippen molar-refractivity contribution in [2.24, 2.45) is 0 Å². The maximum Gasteiger partial charge on any atom is 0.150 e. The molecule has 20 heavy (non-hydrogen) atoms. The van der Waals surface area contributed by atoms with Gasteiger partial charge in [-0.2, -0.15) is 0 Å². The van der Waals surface area contributed by atoms with E-state index in [-0.39, 0.29) is 17.5 Å². The van der Waals surface area contributed by atoms with Crippen molar-refractivity contribution < 1.29 is 8.42 Å². The van der Waals surface area contributed by atoms with E-state index in [2.05, 4.69) is 27.5 Å². The van der Waals surface area contributed by atoms with Gasteiger partial charge >= 0.3 is 0 Å². The third kappa shape index (κ3) is 3.82. The topological polar surface area (TPSA) is 84.0 Å². The molecule has 2 N–H and O–H groups in total. The van der Waals surface area contributed by atoms with Gasteiger partial charge in [0.15, 0.2) is 0 Å². The van der Waals surface area contributed by atoms with Crippen LogP contribution in [0.2, 0.25) is 0 Å². The van der Waals surface area contributed by atoms with Crippen molar-refractivity contribution in [2.45, 2.75) is 39.2 Å². The smallest absolute Gasteiger partial charge is 0.150 e. The average molecular weight is 298 g/mol. The first kappa shape index (κ1) is 15.0. The lowest BCUT2D eigenvalue weighted by molar-refractivity contribution is 0.559. The summed E-state index contributed by atoms with van der Waals surface area (Å²) in [5, 5.41) is 6.61. The minimum absolute atomic E-state index is 0.172. The van der Waals surface area contributed by atoms with Gasteiger partial charge in [-0.3, -0.25) is 0 Å². The molecule has 2 heterocycles. The number of sulfone groups is 1. The van der Waals surface area contributed by atoms with Gasteiger partial charge in [-0.1, -0.05) is 6.92 Å². The van der Waals surface area contributed by atoms with Crippen LogP contribution in [0.3, 0.4) is 0 Å². The molecule has 1 aromatic rings. The number of aromatic nitrogens is 2. The van der Waals surface area contributed by atoms with E-state index in [0.717, 1.165) is 30.2 Å². The number of anilines is 2. The molecule has 0 radical (unpaired) electrons. The summed E-state index contributed by atoms with van der Waals surface area (Å²) in [5.74, 6) is 2.15. The Morgan fingerprint density at radius 1 is 1.25 bits per heavy atom. The Balaban J connectivity index is 2.03. The Labute approximate surface area is 120 Å². The molecule has 1 aliphatic heterocycles. The van der Waals surface area contributed by atoms with Gasteiger partial charge in [-0.25, -0.2) is 18.4 Å². The maximum atomic E-state index is 11.4. The Morgan fingerprint density at radius 3 is 2.55 bits per heavy atom. The fraction of sp³-hybridized carbons (Fsp3) is 0.692. The first-order chi connectivity index (χ1) is 9.52. The molecule has 0 amide bonds. The van der Waals surface area contributed by atoms with Gasteiger partial charge in [0.2, 0.25) is 0 Å².